The fourth-order valence-electron chi connectivity index (χ4n) is 2.81. The predicted octanol–water partition coefficient (Wildman–Crippen LogP) is 3.47. The van der Waals surface area contributed by atoms with Gasteiger partial charge in [0.2, 0.25) is 0 Å². The molecule has 1 aliphatic rings. The molecule has 19 heavy (non-hydrogen) atoms. The summed E-state index contributed by atoms with van der Waals surface area (Å²) >= 11 is 0. The summed E-state index contributed by atoms with van der Waals surface area (Å²) in [5, 5.41) is 0. The van der Waals surface area contributed by atoms with E-state index < -0.39 is 0 Å². The lowest BCUT2D eigenvalue weighted by atomic mass is 10.1. The van der Waals surface area contributed by atoms with Crippen LogP contribution in [0.1, 0.15) is 51.1 Å². The van der Waals surface area contributed by atoms with Gasteiger partial charge in [0.05, 0.1) is 0 Å². The van der Waals surface area contributed by atoms with Gasteiger partial charge in [-0.15, -0.1) is 0 Å². The highest BCUT2D eigenvalue weighted by molar-refractivity contribution is 5.38. The van der Waals surface area contributed by atoms with E-state index in [1.807, 2.05) is 0 Å². The van der Waals surface area contributed by atoms with Gasteiger partial charge < -0.3 is 4.90 Å². The largest absolute Gasteiger partial charge is 0.360 e. The maximum atomic E-state index is 4.61. The predicted molar refractivity (Wildman–Crippen MR) is 81.6 cm³/mol. The highest BCUT2D eigenvalue weighted by Gasteiger charge is 2.25. The first-order valence-electron chi connectivity index (χ1n) is 7.67. The number of likely N-dealkylation sites (tertiary alicyclic amines) is 1. The van der Waals surface area contributed by atoms with Crippen molar-refractivity contribution in [2.45, 2.75) is 45.6 Å². The Balaban J connectivity index is 2.04. The standard InChI is InChI=1S/C16H27N3/c1-4-6-11-19-12-7-8-15(19)14-9-10-16(17-13-14)18(3)5-2/h9-10,13,15H,4-8,11-12H2,1-3H3/t15-/m0/s1. The molecule has 0 unspecified atom stereocenters. The molecule has 1 fully saturated rings. The second kappa shape index (κ2) is 6.90. The molecule has 1 saturated heterocycles. The number of aromatic nitrogens is 1. The highest BCUT2D eigenvalue weighted by Crippen LogP contribution is 2.32. The molecule has 0 bridgehead atoms. The Morgan fingerprint density at radius 1 is 1.37 bits per heavy atom. The van der Waals surface area contributed by atoms with E-state index in [1.54, 1.807) is 0 Å². The average molecular weight is 261 g/mol. The van der Waals surface area contributed by atoms with Crippen LogP contribution in [0.15, 0.2) is 18.3 Å². The normalized spacial score (nSPS) is 19.8. The fourth-order valence-corrected chi connectivity index (χ4v) is 2.81. The molecule has 1 aliphatic heterocycles. The van der Waals surface area contributed by atoms with Crippen LogP contribution in [-0.2, 0) is 0 Å². The zero-order valence-corrected chi connectivity index (χ0v) is 12.6. The third kappa shape index (κ3) is 3.47. The first-order valence-corrected chi connectivity index (χ1v) is 7.67. The number of hydrogen-bond donors (Lipinski definition) is 0. The smallest absolute Gasteiger partial charge is 0.128 e. The van der Waals surface area contributed by atoms with Gasteiger partial charge in [-0.05, 0) is 50.9 Å². The zero-order valence-electron chi connectivity index (χ0n) is 12.6. The first kappa shape index (κ1) is 14.3. The van der Waals surface area contributed by atoms with Crippen LogP contribution in [0.4, 0.5) is 5.82 Å². The Hall–Kier alpha value is -1.09. The Morgan fingerprint density at radius 2 is 2.21 bits per heavy atom. The van der Waals surface area contributed by atoms with Crippen LogP contribution in [0.25, 0.3) is 0 Å². The molecule has 0 saturated carbocycles. The van der Waals surface area contributed by atoms with Crippen molar-refractivity contribution in [3.8, 4) is 0 Å². The summed E-state index contributed by atoms with van der Waals surface area (Å²) in [6.07, 6.45) is 7.28. The SMILES string of the molecule is CCCCN1CCC[C@H]1c1ccc(N(C)CC)nc1. The van der Waals surface area contributed by atoms with Crippen molar-refractivity contribution >= 4 is 5.82 Å². The lowest BCUT2D eigenvalue weighted by Crippen LogP contribution is -2.24. The van der Waals surface area contributed by atoms with Gasteiger partial charge in [-0.25, -0.2) is 4.98 Å². The number of pyridine rings is 1. The van der Waals surface area contributed by atoms with Gasteiger partial charge in [-0.2, -0.15) is 0 Å². The van der Waals surface area contributed by atoms with Gasteiger partial charge in [0, 0.05) is 25.8 Å². The third-order valence-electron chi connectivity index (χ3n) is 4.18. The van der Waals surface area contributed by atoms with Gasteiger partial charge in [-0.3, -0.25) is 4.90 Å². The molecule has 1 aromatic rings. The molecule has 0 spiro atoms. The maximum absolute atomic E-state index is 4.61. The van der Waals surface area contributed by atoms with E-state index in [1.165, 1.54) is 44.3 Å². The quantitative estimate of drug-likeness (QED) is 0.781. The highest BCUT2D eigenvalue weighted by atomic mass is 15.2. The van der Waals surface area contributed by atoms with E-state index in [-0.39, 0.29) is 0 Å². The van der Waals surface area contributed by atoms with Crippen LogP contribution < -0.4 is 4.90 Å². The Morgan fingerprint density at radius 3 is 2.84 bits per heavy atom. The Labute approximate surface area is 117 Å². The van der Waals surface area contributed by atoms with Crippen molar-refractivity contribution in [3.05, 3.63) is 23.9 Å². The van der Waals surface area contributed by atoms with Gasteiger partial charge >= 0.3 is 0 Å². The van der Waals surface area contributed by atoms with E-state index in [4.69, 9.17) is 0 Å². The van der Waals surface area contributed by atoms with Crippen molar-refractivity contribution in [2.75, 3.05) is 31.6 Å². The molecule has 0 amide bonds. The van der Waals surface area contributed by atoms with Gasteiger partial charge in [-0.1, -0.05) is 19.4 Å². The van der Waals surface area contributed by atoms with E-state index >= 15 is 0 Å². The minimum atomic E-state index is 0.597. The minimum Gasteiger partial charge on any atom is -0.360 e. The Bertz CT molecular complexity index is 374. The lowest BCUT2D eigenvalue weighted by molar-refractivity contribution is 0.253. The average Bonchev–Trinajstić information content (AvgIpc) is 2.92. The van der Waals surface area contributed by atoms with Crippen molar-refractivity contribution in [1.82, 2.24) is 9.88 Å². The number of rotatable bonds is 6. The second-order valence-corrected chi connectivity index (χ2v) is 5.51. The molecule has 3 heteroatoms. The van der Waals surface area contributed by atoms with Gasteiger partial charge in [0.15, 0.2) is 0 Å². The van der Waals surface area contributed by atoms with Crippen LogP contribution >= 0.6 is 0 Å². The molecule has 106 valence electrons. The molecule has 0 aromatic carbocycles. The third-order valence-corrected chi connectivity index (χ3v) is 4.18. The van der Waals surface area contributed by atoms with Gasteiger partial charge in [0.1, 0.15) is 5.82 Å². The summed E-state index contributed by atoms with van der Waals surface area (Å²) in [6.45, 7) is 7.90. The van der Waals surface area contributed by atoms with E-state index in [2.05, 4.69) is 54.0 Å². The summed E-state index contributed by atoms with van der Waals surface area (Å²) < 4.78 is 0. The number of anilines is 1. The zero-order chi connectivity index (χ0) is 13.7. The molecule has 0 aliphatic carbocycles. The van der Waals surface area contributed by atoms with Crippen LogP contribution in [0.5, 0.6) is 0 Å². The van der Waals surface area contributed by atoms with Crippen molar-refractivity contribution in [1.29, 1.82) is 0 Å². The summed E-state index contributed by atoms with van der Waals surface area (Å²) in [4.78, 5) is 9.41. The molecular weight excluding hydrogens is 234 g/mol. The summed E-state index contributed by atoms with van der Waals surface area (Å²) in [5.74, 6) is 1.07. The number of unbranched alkanes of at least 4 members (excludes halogenated alkanes) is 1. The molecule has 3 nitrogen and oxygen atoms in total. The molecule has 0 N–H and O–H groups in total. The van der Waals surface area contributed by atoms with Crippen molar-refractivity contribution in [3.63, 3.8) is 0 Å². The first-order chi connectivity index (χ1) is 9.26. The topological polar surface area (TPSA) is 19.4 Å². The lowest BCUT2D eigenvalue weighted by Gasteiger charge is -2.25. The van der Waals surface area contributed by atoms with Crippen LogP contribution in [0.2, 0.25) is 0 Å². The van der Waals surface area contributed by atoms with Crippen LogP contribution in [0.3, 0.4) is 0 Å². The number of hydrogen-bond acceptors (Lipinski definition) is 3. The molecule has 2 rings (SSSR count). The molecular formula is C16H27N3. The van der Waals surface area contributed by atoms with Gasteiger partial charge in [0.25, 0.3) is 0 Å². The van der Waals surface area contributed by atoms with E-state index in [0.717, 1.165) is 12.4 Å². The molecule has 0 radical (unpaired) electrons. The van der Waals surface area contributed by atoms with E-state index in [0.29, 0.717) is 6.04 Å². The minimum absolute atomic E-state index is 0.597. The second-order valence-electron chi connectivity index (χ2n) is 5.51. The molecule has 1 aromatic heterocycles. The maximum Gasteiger partial charge on any atom is 0.128 e. The molecule has 1 atom stereocenters. The fraction of sp³-hybridized carbons (Fsp3) is 0.688. The van der Waals surface area contributed by atoms with E-state index in [9.17, 15) is 0 Å². The van der Waals surface area contributed by atoms with Crippen molar-refractivity contribution in [2.24, 2.45) is 0 Å². The van der Waals surface area contributed by atoms with Crippen LogP contribution in [-0.4, -0.2) is 36.6 Å². The van der Waals surface area contributed by atoms with Crippen molar-refractivity contribution < 1.29 is 0 Å². The summed E-state index contributed by atoms with van der Waals surface area (Å²) in [5.41, 5.74) is 1.39. The van der Waals surface area contributed by atoms with Crippen LogP contribution in [0, 0.1) is 0 Å². The molecule has 2 heterocycles. The summed E-state index contributed by atoms with van der Waals surface area (Å²) in [6, 6.07) is 5.03. The number of nitrogens with zero attached hydrogens (tertiary/aromatic N) is 3. The monoisotopic (exact) mass is 261 g/mol. The Kier molecular flexibility index (Phi) is 5.20. The summed E-state index contributed by atoms with van der Waals surface area (Å²) in [7, 11) is 2.09.